The molecule has 1 amide bonds. The van der Waals surface area contributed by atoms with E-state index in [1.54, 1.807) is 16.7 Å². The summed E-state index contributed by atoms with van der Waals surface area (Å²) in [6, 6.07) is 9.24. The number of carbonyl (C=O) groups excluding carboxylic acids is 2. The van der Waals surface area contributed by atoms with E-state index in [9.17, 15) is 9.59 Å². The van der Waals surface area contributed by atoms with Gasteiger partial charge in [-0.25, -0.2) is 4.79 Å². The molecule has 0 spiro atoms. The Morgan fingerprint density at radius 2 is 2.00 bits per heavy atom. The van der Waals surface area contributed by atoms with Gasteiger partial charge in [-0.15, -0.1) is 11.8 Å². The van der Waals surface area contributed by atoms with Gasteiger partial charge in [0, 0.05) is 5.75 Å². The summed E-state index contributed by atoms with van der Waals surface area (Å²) in [5, 5.41) is 0.00185. The third kappa shape index (κ3) is 6.02. The van der Waals surface area contributed by atoms with Crippen LogP contribution in [0.3, 0.4) is 0 Å². The number of thioether (sulfide) groups is 1. The molecule has 0 aliphatic carbocycles. The number of carbonyl (C=O) groups is 2. The first-order valence-electron chi connectivity index (χ1n) is 9.24. The van der Waals surface area contributed by atoms with Crippen LogP contribution in [-0.2, 0) is 25.7 Å². The molecule has 1 fully saturated rings. The number of amides is 1. The molecule has 0 aromatic heterocycles. The lowest BCUT2D eigenvalue weighted by atomic mass is 10.1. The van der Waals surface area contributed by atoms with Gasteiger partial charge in [0.15, 0.2) is 0 Å². The quantitative estimate of drug-likeness (QED) is 0.615. The Kier molecular flexibility index (Phi) is 8.45. The predicted molar refractivity (Wildman–Crippen MR) is 104 cm³/mol. The fourth-order valence-electron chi connectivity index (χ4n) is 2.87. The second-order valence-corrected chi connectivity index (χ2v) is 8.09. The molecule has 6 heteroatoms. The molecular weight excluding hydrogens is 350 g/mol. The van der Waals surface area contributed by atoms with Crippen LogP contribution in [0.1, 0.15) is 39.2 Å². The Hall–Kier alpha value is -1.53. The minimum atomic E-state index is -0.511. The Bertz CT molecular complexity index is 578. The predicted octanol–water partition coefficient (Wildman–Crippen LogP) is 3.47. The first-order valence-corrected chi connectivity index (χ1v) is 10.3. The van der Waals surface area contributed by atoms with Crippen molar-refractivity contribution in [1.29, 1.82) is 0 Å². The molecule has 0 bridgehead atoms. The maximum atomic E-state index is 12.8. The average molecular weight is 380 g/mol. The molecule has 26 heavy (non-hydrogen) atoms. The number of ether oxygens (including phenoxy) is 2. The molecule has 2 unspecified atom stereocenters. The number of esters is 1. The molecule has 0 N–H and O–H groups in total. The third-order valence-corrected chi connectivity index (χ3v) is 5.42. The van der Waals surface area contributed by atoms with Gasteiger partial charge in [-0.1, -0.05) is 51.1 Å². The average Bonchev–Trinajstić information content (AvgIpc) is 3.03. The smallest absolute Gasteiger partial charge is 0.329 e. The zero-order chi connectivity index (χ0) is 18.9. The Morgan fingerprint density at radius 1 is 1.27 bits per heavy atom. The molecule has 5 nitrogen and oxygen atoms in total. The fraction of sp³-hybridized carbons (Fsp3) is 0.600. The highest BCUT2D eigenvalue weighted by Crippen LogP contribution is 2.34. The van der Waals surface area contributed by atoms with Crippen LogP contribution in [0.15, 0.2) is 30.3 Å². The molecule has 1 heterocycles. The second-order valence-electron chi connectivity index (χ2n) is 6.88. The zero-order valence-corrected chi connectivity index (χ0v) is 16.7. The highest BCUT2D eigenvalue weighted by atomic mass is 32.2. The molecule has 1 aromatic rings. The lowest BCUT2D eigenvalue weighted by Crippen LogP contribution is -2.48. The topological polar surface area (TPSA) is 55.8 Å². The maximum Gasteiger partial charge on any atom is 0.329 e. The Morgan fingerprint density at radius 3 is 2.65 bits per heavy atom. The maximum absolute atomic E-state index is 12.8. The van der Waals surface area contributed by atoms with Crippen molar-refractivity contribution in [1.82, 2.24) is 4.90 Å². The molecule has 0 radical (unpaired) electrons. The molecule has 0 saturated carbocycles. The van der Waals surface area contributed by atoms with Crippen molar-refractivity contribution >= 4 is 23.6 Å². The SMILES string of the molecule is CCCOC(=O)C1CSC(CC(C)C)N1C(=O)COCc1ccccc1. The van der Waals surface area contributed by atoms with Gasteiger partial charge in [0.25, 0.3) is 0 Å². The van der Waals surface area contributed by atoms with E-state index in [2.05, 4.69) is 13.8 Å². The summed E-state index contributed by atoms with van der Waals surface area (Å²) in [5.74, 6) is 0.583. The lowest BCUT2D eigenvalue weighted by molar-refractivity contribution is -0.155. The highest BCUT2D eigenvalue weighted by Gasteiger charge is 2.42. The molecule has 2 rings (SSSR count). The van der Waals surface area contributed by atoms with Crippen molar-refractivity contribution in [3.8, 4) is 0 Å². The normalized spacial score (nSPS) is 19.8. The van der Waals surface area contributed by atoms with Crippen molar-refractivity contribution in [3.63, 3.8) is 0 Å². The van der Waals surface area contributed by atoms with Gasteiger partial charge >= 0.3 is 5.97 Å². The van der Waals surface area contributed by atoms with Gasteiger partial charge < -0.3 is 14.4 Å². The van der Waals surface area contributed by atoms with E-state index in [4.69, 9.17) is 9.47 Å². The van der Waals surface area contributed by atoms with E-state index in [0.29, 0.717) is 24.9 Å². The molecule has 1 saturated heterocycles. The summed E-state index contributed by atoms with van der Waals surface area (Å²) in [5.41, 5.74) is 1.02. The summed E-state index contributed by atoms with van der Waals surface area (Å²) >= 11 is 1.66. The van der Waals surface area contributed by atoms with E-state index in [1.165, 1.54) is 0 Å². The summed E-state index contributed by atoms with van der Waals surface area (Å²) < 4.78 is 10.9. The van der Waals surface area contributed by atoms with E-state index in [1.807, 2.05) is 37.3 Å². The number of hydrogen-bond acceptors (Lipinski definition) is 5. The van der Waals surface area contributed by atoms with E-state index < -0.39 is 6.04 Å². The summed E-state index contributed by atoms with van der Waals surface area (Å²) in [7, 11) is 0. The van der Waals surface area contributed by atoms with Crippen LogP contribution < -0.4 is 0 Å². The van der Waals surface area contributed by atoms with E-state index in [0.717, 1.165) is 18.4 Å². The molecule has 2 atom stereocenters. The van der Waals surface area contributed by atoms with Crippen LogP contribution >= 0.6 is 11.8 Å². The van der Waals surface area contributed by atoms with Crippen LogP contribution in [-0.4, -0.2) is 47.2 Å². The lowest BCUT2D eigenvalue weighted by Gasteiger charge is -2.29. The number of rotatable bonds is 9. The minimum absolute atomic E-state index is 0.00185. The number of hydrogen-bond donors (Lipinski definition) is 0. The molecule has 1 aromatic carbocycles. The largest absolute Gasteiger partial charge is 0.464 e. The van der Waals surface area contributed by atoms with Crippen molar-refractivity contribution in [2.45, 2.75) is 51.6 Å². The Balaban J connectivity index is 1.97. The van der Waals surface area contributed by atoms with Crippen LogP contribution in [0.2, 0.25) is 0 Å². The minimum Gasteiger partial charge on any atom is -0.464 e. The first kappa shape index (κ1) is 20.8. The van der Waals surface area contributed by atoms with Crippen molar-refractivity contribution in [2.75, 3.05) is 19.0 Å². The van der Waals surface area contributed by atoms with Gasteiger partial charge in [0.05, 0.1) is 18.6 Å². The van der Waals surface area contributed by atoms with E-state index in [-0.39, 0.29) is 23.9 Å². The van der Waals surface area contributed by atoms with Crippen LogP contribution in [0.5, 0.6) is 0 Å². The first-order chi connectivity index (χ1) is 12.5. The standard InChI is InChI=1S/C20H29NO4S/c1-4-10-25-20(23)17-14-26-19(11-15(2)3)21(17)18(22)13-24-12-16-8-6-5-7-9-16/h5-9,15,17,19H,4,10-14H2,1-3H3. The van der Waals surface area contributed by atoms with Crippen LogP contribution in [0.25, 0.3) is 0 Å². The number of benzene rings is 1. The monoisotopic (exact) mass is 379 g/mol. The van der Waals surface area contributed by atoms with Crippen LogP contribution in [0.4, 0.5) is 0 Å². The van der Waals surface area contributed by atoms with E-state index >= 15 is 0 Å². The van der Waals surface area contributed by atoms with Crippen LogP contribution in [0, 0.1) is 5.92 Å². The zero-order valence-electron chi connectivity index (χ0n) is 15.8. The van der Waals surface area contributed by atoms with Gasteiger partial charge in [-0.05, 0) is 24.3 Å². The molecule has 144 valence electrons. The van der Waals surface area contributed by atoms with Gasteiger partial charge in [-0.3, -0.25) is 4.79 Å². The fourth-order valence-corrected chi connectivity index (χ4v) is 4.52. The second kappa shape index (κ2) is 10.6. The highest BCUT2D eigenvalue weighted by molar-refractivity contribution is 8.00. The van der Waals surface area contributed by atoms with Crippen molar-refractivity contribution in [2.24, 2.45) is 5.92 Å². The molecule has 1 aliphatic heterocycles. The molecular formula is C20H29NO4S. The summed E-state index contributed by atoms with van der Waals surface area (Å²) in [6.45, 7) is 6.95. The van der Waals surface area contributed by atoms with Crippen molar-refractivity contribution in [3.05, 3.63) is 35.9 Å². The number of nitrogens with zero attached hydrogens (tertiary/aromatic N) is 1. The third-order valence-electron chi connectivity index (χ3n) is 4.11. The molecule has 1 aliphatic rings. The van der Waals surface area contributed by atoms with Gasteiger partial charge in [0.2, 0.25) is 5.91 Å². The van der Waals surface area contributed by atoms with Crippen molar-refractivity contribution < 1.29 is 19.1 Å². The summed E-state index contributed by atoms with van der Waals surface area (Å²) in [6.07, 6.45) is 1.63. The van der Waals surface area contributed by atoms with Gasteiger partial charge in [-0.2, -0.15) is 0 Å². The summed E-state index contributed by atoms with van der Waals surface area (Å²) in [4.78, 5) is 26.9. The Labute approximate surface area is 160 Å². The van der Waals surface area contributed by atoms with Gasteiger partial charge in [0.1, 0.15) is 12.6 Å².